The van der Waals surface area contributed by atoms with Crippen molar-refractivity contribution in [2.75, 3.05) is 0 Å². The Labute approximate surface area is 199 Å². The summed E-state index contributed by atoms with van der Waals surface area (Å²) in [6, 6.07) is 17.7. The van der Waals surface area contributed by atoms with Crippen LogP contribution in [0.2, 0.25) is 0 Å². The third-order valence-corrected chi connectivity index (χ3v) is 5.99. The predicted octanol–water partition coefficient (Wildman–Crippen LogP) is 3.82. The molecule has 180 valence electrons. The molecule has 2 N–H and O–H groups in total. The maximum atomic E-state index is 14.1. The number of halogens is 2. The maximum absolute atomic E-state index is 14.1. The van der Waals surface area contributed by atoms with Crippen molar-refractivity contribution in [1.29, 1.82) is 0 Å². The maximum Gasteiger partial charge on any atom is 0.309 e. The topological polar surface area (TPSA) is 105 Å². The fourth-order valence-corrected chi connectivity index (χ4v) is 3.99. The Balaban J connectivity index is 1.39. The van der Waals surface area contributed by atoms with Gasteiger partial charge in [-0.25, -0.2) is 13.5 Å². The minimum atomic E-state index is -1.20. The molecule has 0 saturated carbocycles. The van der Waals surface area contributed by atoms with Gasteiger partial charge in [-0.3, -0.25) is 9.59 Å². The average molecular weight is 479 g/mol. The number of hydrogen-bond donors (Lipinski definition) is 2. The molecule has 0 unspecified atom stereocenters. The van der Waals surface area contributed by atoms with Crippen LogP contribution in [0.5, 0.6) is 0 Å². The first kappa shape index (κ1) is 24.2. The van der Waals surface area contributed by atoms with Gasteiger partial charge in [0, 0.05) is 6.54 Å². The summed E-state index contributed by atoms with van der Waals surface area (Å²) >= 11 is 0. The molecule has 1 aromatic heterocycles. The molecule has 0 aliphatic rings. The standard InChI is InChI=1S/C26H23F2N3O4/c27-19-11-9-18(10-12-19)17-7-4-16(5-8-17)6-13-23(32)20(26(34)35)14-15-31-25(33)24-21(28)2-1-3-22(24)29-30-31/h1-5,7-12,20,23,32H,6,13-15H2,(H,34,35)/t20-,23+/m0/s1. The number of carboxylic acid groups (broad SMARTS) is 1. The van der Waals surface area contributed by atoms with Gasteiger partial charge in [0.2, 0.25) is 0 Å². The minimum Gasteiger partial charge on any atom is -0.481 e. The molecule has 0 radical (unpaired) electrons. The molecule has 0 amide bonds. The number of carboxylic acids is 1. The van der Waals surface area contributed by atoms with Gasteiger partial charge < -0.3 is 10.2 Å². The van der Waals surface area contributed by atoms with E-state index < -0.39 is 29.4 Å². The van der Waals surface area contributed by atoms with Crippen molar-refractivity contribution >= 4 is 16.9 Å². The van der Waals surface area contributed by atoms with Gasteiger partial charge in [-0.15, -0.1) is 5.10 Å². The largest absolute Gasteiger partial charge is 0.481 e. The van der Waals surface area contributed by atoms with Gasteiger partial charge in [0.1, 0.15) is 22.5 Å². The quantitative estimate of drug-likeness (QED) is 0.378. The van der Waals surface area contributed by atoms with Crippen molar-refractivity contribution in [1.82, 2.24) is 15.0 Å². The van der Waals surface area contributed by atoms with E-state index >= 15 is 0 Å². The van der Waals surface area contributed by atoms with Crippen molar-refractivity contribution in [2.45, 2.75) is 31.9 Å². The van der Waals surface area contributed by atoms with E-state index in [9.17, 15) is 28.6 Å². The molecule has 0 bridgehead atoms. The first-order chi connectivity index (χ1) is 16.8. The lowest BCUT2D eigenvalue weighted by Gasteiger charge is -2.19. The Bertz CT molecular complexity index is 1390. The lowest BCUT2D eigenvalue weighted by atomic mass is 9.93. The van der Waals surface area contributed by atoms with Crippen molar-refractivity contribution in [3.63, 3.8) is 0 Å². The molecule has 2 atom stereocenters. The molecule has 35 heavy (non-hydrogen) atoms. The number of fused-ring (bicyclic) bond motifs is 1. The van der Waals surface area contributed by atoms with Gasteiger partial charge in [0.05, 0.1) is 12.0 Å². The molecule has 9 heteroatoms. The number of nitrogens with zero attached hydrogens (tertiary/aromatic N) is 3. The van der Waals surface area contributed by atoms with E-state index in [-0.39, 0.29) is 36.1 Å². The lowest BCUT2D eigenvalue weighted by molar-refractivity contribution is -0.146. The second kappa shape index (κ2) is 10.5. The second-order valence-corrected chi connectivity index (χ2v) is 8.29. The Morgan fingerprint density at radius 2 is 1.60 bits per heavy atom. The van der Waals surface area contributed by atoms with Crippen LogP contribution in [0, 0.1) is 17.6 Å². The van der Waals surface area contributed by atoms with Gasteiger partial charge in [0.25, 0.3) is 5.56 Å². The number of aliphatic carboxylic acids is 1. The number of carbonyl (C=O) groups is 1. The van der Waals surface area contributed by atoms with Gasteiger partial charge in [0.15, 0.2) is 0 Å². The lowest BCUT2D eigenvalue weighted by Crippen LogP contribution is -2.32. The van der Waals surface area contributed by atoms with E-state index in [4.69, 9.17) is 0 Å². The highest BCUT2D eigenvalue weighted by atomic mass is 19.1. The van der Waals surface area contributed by atoms with Crippen LogP contribution in [0.4, 0.5) is 8.78 Å². The molecule has 3 aromatic carbocycles. The van der Waals surface area contributed by atoms with Crippen molar-refractivity contribution in [3.8, 4) is 11.1 Å². The monoisotopic (exact) mass is 479 g/mol. The highest BCUT2D eigenvalue weighted by Gasteiger charge is 2.26. The molecule has 0 aliphatic heterocycles. The number of aryl methyl sites for hydroxylation is 2. The van der Waals surface area contributed by atoms with E-state index in [2.05, 4.69) is 10.3 Å². The molecule has 0 aliphatic carbocycles. The van der Waals surface area contributed by atoms with E-state index in [1.165, 1.54) is 24.3 Å². The summed E-state index contributed by atoms with van der Waals surface area (Å²) in [5.41, 5.74) is 2.11. The molecule has 7 nitrogen and oxygen atoms in total. The highest BCUT2D eigenvalue weighted by Crippen LogP contribution is 2.22. The van der Waals surface area contributed by atoms with Crippen LogP contribution in [-0.2, 0) is 17.8 Å². The number of rotatable bonds is 9. The molecule has 4 aromatic rings. The van der Waals surface area contributed by atoms with Crippen LogP contribution in [0.1, 0.15) is 18.4 Å². The van der Waals surface area contributed by atoms with Crippen molar-refractivity contribution in [2.24, 2.45) is 5.92 Å². The molecular weight excluding hydrogens is 456 g/mol. The Morgan fingerprint density at radius 1 is 0.943 bits per heavy atom. The summed E-state index contributed by atoms with van der Waals surface area (Å²) in [5, 5.41) is 27.6. The molecule has 0 fully saturated rings. The summed E-state index contributed by atoms with van der Waals surface area (Å²) in [6.07, 6.45) is -0.602. The van der Waals surface area contributed by atoms with E-state index in [1.807, 2.05) is 24.3 Å². The van der Waals surface area contributed by atoms with E-state index in [0.29, 0.717) is 6.42 Å². The van der Waals surface area contributed by atoms with E-state index in [0.717, 1.165) is 27.4 Å². The van der Waals surface area contributed by atoms with Crippen molar-refractivity contribution in [3.05, 3.63) is 94.3 Å². The third kappa shape index (κ3) is 5.58. The fraction of sp³-hybridized carbons (Fsp3) is 0.231. The van der Waals surface area contributed by atoms with E-state index in [1.54, 1.807) is 12.1 Å². The first-order valence-electron chi connectivity index (χ1n) is 11.1. The van der Waals surface area contributed by atoms with Gasteiger partial charge in [-0.05, 0) is 60.2 Å². The number of aliphatic hydroxyl groups excluding tert-OH is 1. The normalized spacial score (nSPS) is 13.0. The summed E-state index contributed by atoms with van der Waals surface area (Å²) in [4.78, 5) is 24.3. The van der Waals surface area contributed by atoms with Crippen LogP contribution in [0.15, 0.2) is 71.5 Å². The summed E-state index contributed by atoms with van der Waals surface area (Å²) in [5.74, 6) is -3.37. The van der Waals surface area contributed by atoms with Crippen LogP contribution in [0.25, 0.3) is 22.0 Å². The van der Waals surface area contributed by atoms with Crippen LogP contribution in [-0.4, -0.2) is 37.3 Å². The Kier molecular flexibility index (Phi) is 7.26. The number of aliphatic hydroxyl groups is 1. The Hall–Kier alpha value is -3.98. The summed E-state index contributed by atoms with van der Waals surface area (Å²) in [6.45, 7) is -0.128. The fourth-order valence-electron chi connectivity index (χ4n) is 3.99. The smallest absolute Gasteiger partial charge is 0.309 e. The number of hydrogen-bond acceptors (Lipinski definition) is 5. The second-order valence-electron chi connectivity index (χ2n) is 8.29. The van der Waals surface area contributed by atoms with Gasteiger partial charge >= 0.3 is 5.97 Å². The zero-order valence-corrected chi connectivity index (χ0v) is 18.6. The zero-order valence-electron chi connectivity index (χ0n) is 18.6. The van der Waals surface area contributed by atoms with Crippen LogP contribution in [0.3, 0.4) is 0 Å². The zero-order chi connectivity index (χ0) is 24.9. The number of aromatic nitrogens is 3. The molecular formula is C26H23F2N3O4. The SMILES string of the molecule is O=C(O)[C@@H](CCn1nnc2cccc(F)c2c1=O)[C@H](O)CCc1ccc(-c2ccc(F)cc2)cc1. The van der Waals surface area contributed by atoms with Crippen molar-refractivity contribution < 1.29 is 23.8 Å². The van der Waals surface area contributed by atoms with Crippen LogP contribution < -0.4 is 5.56 Å². The molecule has 1 heterocycles. The molecule has 4 rings (SSSR count). The van der Waals surface area contributed by atoms with Crippen LogP contribution >= 0.6 is 0 Å². The Morgan fingerprint density at radius 3 is 2.26 bits per heavy atom. The summed E-state index contributed by atoms with van der Waals surface area (Å²) in [7, 11) is 0. The average Bonchev–Trinajstić information content (AvgIpc) is 2.85. The first-order valence-corrected chi connectivity index (χ1v) is 11.1. The molecule has 0 saturated heterocycles. The third-order valence-electron chi connectivity index (χ3n) is 5.99. The molecule has 0 spiro atoms. The minimum absolute atomic E-state index is 0.0749. The highest BCUT2D eigenvalue weighted by molar-refractivity contribution is 5.77. The van der Waals surface area contributed by atoms with Gasteiger partial charge in [-0.2, -0.15) is 0 Å². The predicted molar refractivity (Wildman–Crippen MR) is 126 cm³/mol. The number of benzene rings is 3. The summed E-state index contributed by atoms with van der Waals surface area (Å²) < 4.78 is 28.1. The van der Waals surface area contributed by atoms with Gasteiger partial charge in [-0.1, -0.05) is 47.7 Å².